The largest absolute Gasteiger partial charge is 0.507 e. The SMILES string of the molecule is Cc1ccc(-c2cc(=O)c3c(O)cc(O)c(C4=CCNCC4)c3o2)cc1. The molecule has 0 spiro atoms. The number of phenols is 2. The molecule has 1 aromatic heterocycles. The van der Waals surface area contributed by atoms with Crippen molar-refractivity contribution in [3.8, 4) is 22.8 Å². The van der Waals surface area contributed by atoms with Crippen LogP contribution in [0.15, 0.2) is 51.7 Å². The minimum atomic E-state index is -0.338. The Morgan fingerprint density at radius 3 is 2.54 bits per heavy atom. The molecule has 0 saturated carbocycles. The van der Waals surface area contributed by atoms with Crippen molar-refractivity contribution in [1.29, 1.82) is 0 Å². The Morgan fingerprint density at radius 1 is 1.08 bits per heavy atom. The Bertz CT molecular complexity index is 1080. The Hall–Kier alpha value is -3.05. The van der Waals surface area contributed by atoms with E-state index in [-0.39, 0.29) is 27.9 Å². The fraction of sp³-hybridized carbons (Fsp3) is 0.190. The molecule has 0 fully saturated rings. The number of fused-ring (bicyclic) bond motifs is 1. The fourth-order valence-electron chi connectivity index (χ4n) is 3.32. The summed E-state index contributed by atoms with van der Waals surface area (Å²) in [4.78, 5) is 12.7. The summed E-state index contributed by atoms with van der Waals surface area (Å²) in [6.07, 6.45) is 2.67. The molecule has 26 heavy (non-hydrogen) atoms. The normalized spacial score (nSPS) is 14.4. The number of aryl methyl sites for hydroxylation is 1. The van der Waals surface area contributed by atoms with E-state index in [0.717, 1.165) is 23.2 Å². The van der Waals surface area contributed by atoms with Crippen LogP contribution in [0.25, 0.3) is 27.9 Å². The molecule has 2 aromatic carbocycles. The molecule has 0 radical (unpaired) electrons. The minimum Gasteiger partial charge on any atom is -0.507 e. The van der Waals surface area contributed by atoms with E-state index in [1.54, 1.807) is 0 Å². The van der Waals surface area contributed by atoms with Gasteiger partial charge in [0.2, 0.25) is 0 Å². The van der Waals surface area contributed by atoms with Crippen molar-refractivity contribution in [3.05, 3.63) is 63.8 Å². The summed E-state index contributed by atoms with van der Waals surface area (Å²) in [6.45, 7) is 3.44. The van der Waals surface area contributed by atoms with Gasteiger partial charge in [-0.25, -0.2) is 0 Å². The van der Waals surface area contributed by atoms with Gasteiger partial charge < -0.3 is 19.9 Å². The van der Waals surface area contributed by atoms with Crippen LogP contribution < -0.4 is 10.7 Å². The van der Waals surface area contributed by atoms with Crippen molar-refractivity contribution in [2.45, 2.75) is 13.3 Å². The van der Waals surface area contributed by atoms with Crippen molar-refractivity contribution in [1.82, 2.24) is 5.32 Å². The lowest BCUT2D eigenvalue weighted by molar-refractivity contribution is 0.450. The third-order valence-electron chi connectivity index (χ3n) is 4.68. The molecule has 2 heterocycles. The Balaban J connectivity index is 2.03. The summed E-state index contributed by atoms with van der Waals surface area (Å²) in [6, 6.07) is 10.2. The number of hydrogen-bond donors (Lipinski definition) is 3. The first-order valence-electron chi connectivity index (χ1n) is 8.54. The smallest absolute Gasteiger partial charge is 0.197 e. The molecule has 4 rings (SSSR count). The van der Waals surface area contributed by atoms with Crippen LogP contribution in [0.2, 0.25) is 0 Å². The zero-order valence-electron chi connectivity index (χ0n) is 14.4. The molecule has 1 aliphatic heterocycles. The summed E-state index contributed by atoms with van der Waals surface area (Å²) in [7, 11) is 0. The minimum absolute atomic E-state index is 0.0904. The lowest BCUT2D eigenvalue weighted by Crippen LogP contribution is -2.20. The van der Waals surface area contributed by atoms with Crippen molar-refractivity contribution in [3.63, 3.8) is 0 Å². The molecule has 0 unspecified atom stereocenters. The highest BCUT2D eigenvalue weighted by atomic mass is 16.3. The van der Waals surface area contributed by atoms with E-state index in [0.29, 0.717) is 24.3 Å². The average Bonchev–Trinajstić information content (AvgIpc) is 2.62. The molecule has 0 aliphatic carbocycles. The van der Waals surface area contributed by atoms with Gasteiger partial charge in [0.05, 0.1) is 5.56 Å². The highest BCUT2D eigenvalue weighted by molar-refractivity contribution is 5.96. The number of aromatic hydroxyl groups is 2. The Morgan fingerprint density at radius 2 is 1.85 bits per heavy atom. The zero-order valence-corrected chi connectivity index (χ0v) is 14.4. The van der Waals surface area contributed by atoms with Crippen LogP contribution in [0.5, 0.6) is 11.5 Å². The third-order valence-corrected chi connectivity index (χ3v) is 4.68. The second-order valence-electron chi connectivity index (χ2n) is 6.52. The van der Waals surface area contributed by atoms with Crippen LogP contribution >= 0.6 is 0 Å². The lowest BCUT2D eigenvalue weighted by atomic mass is 9.96. The highest BCUT2D eigenvalue weighted by Gasteiger charge is 2.21. The molecule has 0 bridgehead atoms. The van der Waals surface area contributed by atoms with Crippen molar-refractivity contribution in [2.24, 2.45) is 0 Å². The van der Waals surface area contributed by atoms with Crippen molar-refractivity contribution in [2.75, 3.05) is 13.1 Å². The van der Waals surface area contributed by atoms with Gasteiger partial charge in [-0.1, -0.05) is 35.9 Å². The molecule has 0 saturated heterocycles. The molecule has 1 aliphatic rings. The van der Waals surface area contributed by atoms with Crippen LogP contribution in [-0.2, 0) is 0 Å². The van der Waals surface area contributed by atoms with Crippen LogP contribution in [0.4, 0.5) is 0 Å². The molecule has 3 N–H and O–H groups in total. The van der Waals surface area contributed by atoms with Gasteiger partial charge in [-0.3, -0.25) is 4.79 Å². The van der Waals surface area contributed by atoms with Gasteiger partial charge in [-0.15, -0.1) is 0 Å². The standard InChI is InChI=1S/C21H19NO4/c1-12-2-4-13(5-3-12)18-11-17(25)20-16(24)10-15(23)19(21(20)26-18)14-6-8-22-9-7-14/h2-6,10-11,22-24H,7-9H2,1H3. The Labute approximate surface area is 150 Å². The number of phenolic OH excluding ortho intramolecular Hbond substituents is 2. The van der Waals surface area contributed by atoms with E-state index >= 15 is 0 Å². The van der Waals surface area contributed by atoms with Gasteiger partial charge in [0, 0.05) is 24.2 Å². The summed E-state index contributed by atoms with van der Waals surface area (Å²) in [5.74, 6) is 0.0376. The number of rotatable bonds is 2. The molecule has 0 amide bonds. The second kappa shape index (κ2) is 6.35. The number of nitrogens with one attached hydrogen (secondary N) is 1. The molecule has 5 heteroatoms. The zero-order chi connectivity index (χ0) is 18.3. The monoisotopic (exact) mass is 349 g/mol. The predicted molar refractivity (Wildman–Crippen MR) is 101 cm³/mol. The first kappa shape index (κ1) is 16.4. The topological polar surface area (TPSA) is 82.7 Å². The van der Waals surface area contributed by atoms with Crippen LogP contribution in [0, 0.1) is 6.92 Å². The van der Waals surface area contributed by atoms with Gasteiger partial charge in [0.1, 0.15) is 22.6 Å². The molecule has 5 nitrogen and oxygen atoms in total. The van der Waals surface area contributed by atoms with E-state index in [4.69, 9.17) is 4.42 Å². The summed E-state index contributed by atoms with van der Waals surface area (Å²) < 4.78 is 6.03. The summed E-state index contributed by atoms with van der Waals surface area (Å²) in [5.41, 5.74) is 3.13. The quantitative estimate of drug-likeness (QED) is 0.659. The number of hydrogen-bond acceptors (Lipinski definition) is 5. The molecular weight excluding hydrogens is 330 g/mol. The van der Waals surface area contributed by atoms with Crippen LogP contribution in [-0.4, -0.2) is 23.3 Å². The fourth-order valence-corrected chi connectivity index (χ4v) is 3.32. The summed E-state index contributed by atoms with van der Waals surface area (Å²) in [5, 5.41) is 24.0. The molecule has 0 atom stereocenters. The van der Waals surface area contributed by atoms with Gasteiger partial charge in [-0.2, -0.15) is 0 Å². The van der Waals surface area contributed by atoms with E-state index < -0.39 is 0 Å². The number of benzene rings is 2. The van der Waals surface area contributed by atoms with Gasteiger partial charge >= 0.3 is 0 Å². The van der Waals surface area contributed by atoms with Gasteiger partial charge in [0.15, 0.2) is 11.0 Å². The lowest BCUT2D eigenvalue weighted by Gasteiger charge is -2.17. The third kappa shape index (κ3) is 2.76. The molecular formula is C21H19NO4. The molecule has 3 aromatic rings. The maximum absolute atomic E-state index is 12.7. The van der Waals surface area contributed by atoms with Crippen LogP contribution in [0.1, 0.15) is 17.5 Å². The average molecular weight is 349 g/mol. The van der Waals surface area contributed by atoms with E-state index in [2.05, 4.69) is 5.32 Å². The van der Waals surface area contributed by atoms with Crippen LogP contribution in [0.3, 0.4) is 0 Å². The summed E-state index contributed by atoms with van der Waals surface area (Å²) >= 11 is 0. The highest BCUT2D eigenvalue weighted by Crippen LogP contribution is 2.40. The first-order chi connectivity index (χ1) is 12.5. The first-order valence-corrected chi connectivity index (χ1v) is 8.54. The second-order valence-corrected chi connectivity index (χ2v) is 6.52. The van der Waals surface area contributed by atoms with E-state index in [9.17, 15) is 15.0 Å². The van der Waals surface area contributed by atoms with Gasteiger partial charge in [0.25, 0.3) is 0 Å². The van der Waals surface area contributed by atoms with Gasteiger partial charge in [-0.05, 0) is 25.5 Å². The van der Waals surface area contributed by atoms with E-state index in [1.807, 2.05) is 37.3 Å². The van der Waals surface area contributed by atoms with E-state index in [1.165, 1.54) is 12.1 Å². The maximum atomic E-state index is 12.7. The van der Waals surface area contributed by atoms with Crippen molar-refractivity contribution < 1.29 is 14.6 Å². The van der Waals surface area contributed by atoms with Crippen molar-refractivity contribution >= 4 is 16.5 Å². The Kier molecular flexibility index (Phi) is 4.01. The molecule has 132 valence electrons. The predicted octanol–water partition coefficient (Wildman–Crippen LogP) is 3.56. The maximum Gasteiger partial charge on any atom is 0.197 e.